The zero-order chi connectivity index (χ0) is 19.8. The second-order valence-corrected chi connectivity index (χ2v) is 6.33. The third-order valence-electron chi connectivity index (χ3n) is 4.22. The maximum Gasteiger partial charge on any atom is 0.269 e. The third kappa shape index (κ3) is 5.20. The summed E-state index contributed by atoms with van der Waals surface area (Å²) in [5.74, 6) is -0.333. The largest absolute Gasteiger partial charge is 0.326 e. The summed E-state index contributed by atoms with van der Waals surface area (Å²) in [6.07, 6.45) is 0.384. The highest BCUT2D eigenvalue weighted by Gasteiger charge is 2.13. The van der Waals surface area contributed by atoms with Gasteiger partial charge in [-0.2, -0.15) is 0 Å². The molecule has 0 fully saturated rings. The lowest BCUT2D eigenvalue weighted by Crippen LogP contribution is -2.42. The van der Waals surface area contributed by atoms with Crippen molar-refractivity contribution in [3.63, 3.8) is 0 Å². The van der Waals surface area contributed by atoms with Crippen LogP contribution in [0.3, 0.4) is 0 Å². The normalized spacial score (nSPS) is 10.2. The van der Waals surface area contributed by atoms with Gasteiger partial charge in [-0.05, 0) is 35.9 Å². The molecule has 0 heterocycles. The van der Waals surface area contributed by atoms with Crippen LogP contribution in [-0.4, -0.2) is 11.8 Å². The highest BCUT2D eigenvalue weighted by molar-refractivity contribution is 5.97. The van der Waals surface area contributed by atoms with E-state index in [1.807, 2.05) is 65.7 Å². The smallest absolute Gasteiger partial charge is 0.269 e. The number of carbonyl (C=O) groups excluding carboxylic acids is 2. The molecule has 3 aromatic rings. The first-order chi connectivity index (χ1) is 13.7. The molecule has 0 unspecified atom stereocenters. The first-order valence-electron chi connectivity index (χ1n) is 9.23. The van der Waals surface area contributed by atoms with E-state index < -0.39 is 0 Å². The lowest BCUT2D eigenvalue weighted by Gasteiger charge is -2.25. The van der Waals surface area contributed by atoms with Gasteiger partial charge < -0.3 is 5.32 Å². The Morgan fingerprint density at radius 1 is 0.857 bits per heavy atom. The van der Waals surface area contributed by atoms with Gasteiger partial charge in [0.05, 0.1) is 12.2 Å². The first-order valence-corrected chi connectivity index (χ1v) is 9.23. The second kappa shape index (κ2) is 9.37. The number of amides is 2. The Kier molecular flexibility index (Phi) is 6.41. The van der Waals surface area contributed by atoms with Crippen LogP contribution in [0.1, 0.15) is 29.3 Å². The van der Waals surface area contributed by atoms with Crippen LogP contribution in [-0.2, 0) is 11.3 Å². The van der Waals surface area contributed by atoms with E-state index >= 15 is 0 Å². The Morgan fingerprint density at radius 3 is 2.21 bits per heavy atom. The molecule has 0 saturated heterocycles. The maximum absolute atomic E-state index is 12.9. The monoisotopic (exact) mass is 373 g/mol. The minimum atomic E-state index is -0.243. The molecule has 0 bridgehead atoms. The molecule has 3 aromatic carbocycles. The summed E-state index contributed by atoms with van der Waals surface area (Å²) in [6.45, 7) is 2.32. The molecule has 2 N–H and O–H groups in total. The van der Waals surface area contributed by atoms with Crippen molar-refractivity contribution >= 4 is 23.2 Å². The lowest BCUT2D eigenvalue weighted by atomic mass is 10.2. The Labute approximate surface area is 165 Å². The topological polar surface area (TPSA) is 61.4 Å². The molecule has 0 aliphatic heterocycles. The number of nitrogens with zero attached hydrogens (tertiary/aromatic N) is 1. The molecule has 3 rings (SSSR count). The highest BCUT2D eigenvalue weighted by Crippen LogP contribution is 2.16. The fraction of sp³-hybridized carbons (Fsp3) is 0.130. The number of nitrogens with one attached hydrogen (secondary N) is 2. The molecule has 0 aliphatic rings. The van der Waals surface area contributed by atoms with Crippen LogP contribution in [0.25, 0.3) is 0 Å². The summed E-state index contributed by atoms with van der Waals surface area (Å²) >= 11 is 0. The van der Waals surface area contributed by atoms with E-state index in [0.717, 1.165) is 11.3 Å². The molecule has 0 aromatic heterocycles. The van der Waals surface area contributed by atoms with Crippen LogP contribution >= 0.6 is 0 Å². The average molecular weight is 373 g/mol. The van der Waals surface area contributed by atoms with Crippen molar-refractivity contribution in [2.75, 3.05) is 10.3 Å². The number of hydrogen-bond acceptors (Lipinski definition) is 3. The molecule has 28 heavy (non-hydrogen) atoms. The van der Waals surface area contributed by atoms with Crippen molar-refractivity contribution < 1.29 is 9.59 Å². The number of benzene rings is 3. The second-order valence-electron chi connectivity index (χ2n) is 6.33. The highest BCUT2D eigenvalue weighted by atomic mass is 16.2. The molecule has 5 heteroatoms. The van der Waals surface area contributed by atoms with E-state index in [4.69, 9.17) is 0 Å². The maximum atomic E-state index is 12.9. The van der Waals surface area contributed by atoms with Crippen molar-refractivity contribution in [1.29, 1.82) is 0 Å². The number of rotatable bonds is 7. The van der Waals surface area contributed by atoms with E-state index in [1.165, 1.54) is 0 Å². The average Bonchev–Trinajstić information content (AvgIpc) is 2.74. The van der Waals surface area contributed by atoms with E-state index in [0.29, 0.717) is 24.2 Å². The van der Waals surface area contributed by atoms with E-state index in [9.17, 15) is 9.59 Å². The number of hydrogen-bond donors (Lipinski definition) is 2. The Balaban J connectivity index is 1.79. The van der Waals surface area contributed by atoms with Gasteiger partial charge in [-0.1, -0.05) is 61.5 Å². The van der Waals surface area contributed by atoms with Crippen LogP contribution in [0.15, 0.2) is 84.9 Å². The van der Waals surface area contributed by atoms with Gasteiger partial charge in [0.15, 0.2) is 0 Å². The fourth-order valence-corrected chi connectivity index (χ4v) is 2.74. The van der Waals surface area contributed by atoms with Crippen LogP contribution < -0.4 is 15.8 Å². The third-order valence-corrected chi connectivity index (χ3v) is 4.22. The van der Waals surface area contributed by atoms with Gasteiger partial charge in [0.1, 0.15) is 0 Å². The summed E-state index contributed by atoms with van der Waals surface area (Å²) < 4.78 is 0. The number of carbonyl (C=O) groups is 2. The molecule has 2 amide bonds. The minimum Gasteiger partial charge on any atom is -0.326 e. The van der Waals surface area contributed by atoms with Crippen LogP contribution in [0.4, 0.5) is 11.4 Å². The lowest BCUT2D eigenvalue weighted by molar-refractivity contribution is -0.115. The summed E-state index contributed by atoms with van der Waals surface area (Å²) in [7, 11) is 0. The molecular weight excluding hydrogens is 350 g/mol. The van der Waals surface area contributed by atoms with Crippen molar-refractivity contribution in [1.82, 2.24) is 5.43 Å². The predicted molar refractivity (Wildman–Crippen MR) is 112 cm³/mol. The molecule has 0 saturated carbocycles. The van der Waals surface area contributed by atoms with Gasteiger partial charge in [0, 0.05) is 17.7 Å². The van der Waals surface area contributed by atoms with Gasteiger partial charge in [-0.25, -0.2) is 0 Å². The van der Waals surface area contributed by atoms with Crippen molar-refractivity contribution in [3.8, 4) is 0 Å². The van der Waals surface area contributed by atoms with E-state index in [1.54, 1.807) is 31.2 Å². The molecule has 5 nitrogen and oxygen atoms in total. The molecule has 0 aliphatic carbocycles. The van der Waals surface area contributed by atoms with Gasteiger partial charge in [-0.3, -0.25) is 20.0 Å². The summed E-state index contributed by atoms with van der Waals surface area (Å²) in [5.41, 5.74) is 6.02. The van der Waals surface area contributed by atoms with Gasteiger partial charge >= 0.3 is 0 Å². The van der Waals surface area contributed by atoms with E-state index in [2.05, 4.69) is 10.7 Å². The van der Waals surface area contributed by atoms with Crippen molar-refractivity contribution in [3.05, 3.63) is 96.1 Å². The van der Waals surface area contributed by atoms with Gasteiger partial charge in [0.2, 0.25) is 5.91 Å². The summed E-state index contributed by atoms with van der Waals surface area (Å²) in [4.78, 5) is 24.5. The van der Waals surface area contributed by atoms with Crippen LogP contribution in [0.2, 0.25) is 0 Å². The Hall–Kier alpha value is -3.60. The summed E-state index contributed by atoms with van der Waals surface area (Å²) in [5, 5.41) is 4.59. The van der Waals surface area contributed by atoms with Crippen LogP contribution in [0, 0.1) is 0 Å². The summed E-state index contributed by atoms with van der Waals surface area (Å²) in [6, 6.07) is 26.6. The van der Waals surface area contributed by atoms with E-state index in [-0.39, 0.29) is 11.8 Å². The molecule has 0 spiro atoms. The molecular formula is C23H23N3O2. The molecule has 0 atom stereocenters. The number of anilines is 2. The standard InChI is InChI=1S/C23H23N3O2/c1-2-22(27)24-20-13-9-12-19(16-20)23(28)25-26(21-14-7-4-8-15-21)17-18-10-5-3-6-11-18/h3-16H,2,17H2,1H3,(H,24,27)(H,25,28). The zero-order valence-corrected chi connectivity index (χ0v) is 15.8. The quantitative estimate of drug-likeness (QED) is 0.604. The zero-order valence-electron chi connectivity index (χ0n) is 15.8. The molecule has 0 radical (unpaired) electrons. The minimum absolute atomic E-state index is 0.0902. The number of para-hydroxylation sites is 1. The predicted octanol–water partition coefficient (Wildman–Crippen LogP) is 4.39. The van der Waals surface area contributed by atoms with Gasteiger partial charge in [0.25, 0.3) is 5.91 Å². The molecule has 142 valence electrons. The SMILES string of the molecule is CCC(=O)Nc1cccc(C(=O)NN(Cc2ccccc2)c2ccccc2)c1. The Bertz CT molecular complexity index is 927. The fourth-order valence-electron chi connectivity index (χ4n) is 2.74. The van der Waals surface area contributed by atoms with Crippen LogP contribution in [0.5, 0.6) is 0 Å². The van der Waals surface area contributed by atoms with Crippen molar-refractivity contribution in [2.24, 2.45) is 0 Å². The first kappa shape index (κ1) is 19.2. The Morgan fingerprint density at radius 2 is 1.54 bits per heavy atom. The van der Waals surface area contributed by atoms with Gasteiger partial charge in [-0.15, -0.1) is 0 Å². The number of hydrazine groups is 1. The van der Waals surface area contributed by atoms with Crippen molar-refractivity contribution in [2.45, 2.75) is 19.9 Å².